The number of thiazole rings is 1. The number of rotatable bonds is 5. The molecule has 0 radical (unpaired) electrons. The van der Waals surface area contributed by atoms with Crippen molar-refractivity contribution in [3.8, 4) is 0 Å². The summed E-state index contributed by atoms with van der Waals surface area (Å²) in [5, 5.41) is 13.0. The Morgan fingerprint density at radius 2 is 2.14 bits per heavy atom. The summed E-state index contributed by atoms with van der Waals surface area (Å²) in [5.41, 5.74) is 1.73. The van der Waals surface area contributed by atoms with Crippen LogP contribution in [0.5, 0.6) is 0 Å². The Labute approximate surface area is 130 Å². The number of aromatic carboxylic acids is 1. The summed E-state index contributed by atoms with van der Waals surface area (Å²) in [7, 11) is 0. The van der Waals surface area contributed by atoms with Gasteiger partial charge in [0.15, 0.2) is 0 Å². The predicted molar refractivity (Wildman–Crippen MR) is 82.1 cm³/mol. The quantitative estimate of drug-likeness (QED) is 0.672. The molecule has 0 amide bonds. The summed E-state index contributed by atoms with van der Waals surface area (Å²) in [5.74, 6) is 0.860. The first-order chi connectivity index (χ1) is 10.0. The van der Waals surface area contributed by atoms with Gasteiger partial charge in [-0.05, 0) is 26.7 Å². The minimum atomic E-state index is -0.966. The third-order valence-corrected chi connectivity index (χ3v) is 5.09. The Hall–Kier alpha value is -1.47. The molecule has 0 bridgehead atoms. The van der Waals surface area contributed by atoms with Crippen molar-refractivity contribution in [2.45, 2.75) is 43.4 Å². The molecular weight excluding hydrogens is 306 g/mol. The van der Waals surface area contributed by atoms with Crippen LogP contribution in [0.3, 0.4) is 0 Å². The summed E-state index contributed by atoms with van der Waals surface area (Å²) in [6.07, 6.45) is 2.20. The van der Waals surface area contributed by atoms with E-state index in [2.05, 4.69) is 15.0 Å². The van der Waals surface area contributed by atoms with Gasteiger partial charge in [-0.25, -0.2) is 19.7 Å². The number of carboxylic acids is 1. The van der Waals surface area contributed by atoms with E-state index >= 15 is 0 Å². The maximum absolute atomic E-state index is 11.4. The third-order valence-electron chi connectivity index (χ3n) is 3.25. The first kappa shape index (κ1) is 14.5. The van der Waals surface area contributed by atoms with Crippen LogP contribution >= 0.6 is 23.1 Å². The summed E-state index contributed by atoms with van der Waals surface area (Å²) in [6.45, 7) is 3.70. The average Bonchev–Trinajstić information content (AvgIpc) is 3.18. The molecule has 1 saturated carbocycles. The van der Waals surface area contributed by atoms with Crippen molar-refractivity contribution in [2.24, 2.45) is 0 Å². The van der Waals surface area contributed by atoms with Crippen molar-refractivity contribution in [1.82, 2.24) is 15.0 Å². The second kappa shape index (κ2) is 5.73. The molecule has 3 rings (SSSR count). The number of carbonyl (C=O) groups is 1. The summed E-state index contributed by atoms with van der Waals surface area (Å²) in [6, 6.07) is 0. The zero-order valence-corrected chi connectivity index (χ0v) is 13.4. The Morgan fingerprint density at radius 1 is 1.38 bits per heavy atom. The molecule has 0 aromatic carbocycles. The summed E-state index contributed by atoms with van der Waals surface area (Å²) < 4.78 is 0. The monoisotopic (exact) mass is 321 g/mol. The Balaban J connectivity index is 1.88. The molecule has 2 aromatic heterocycles. The van der Waals surface area contributed by atoms with Crippen LogP contribution in [0.1, 0.15) is 51.3 Å². The fourth-order valence-electron chi connectivity index (χ4n) is 2.06. The third kappa shape index (κ3) is 3.24. The number of carboxylic acid groups (broad SMARTS) is 1. The van der Waals surface area contributed by atoms with Crippen molar-refractivity contribution in [3.63, 3.8) is 0 Å². The van der Waals surface area contributed by atoms with E-state index in [-0.39, 0.29) is 5.56 Å². The lowest BCUT2D eigenvalue weighted by molar-refractivity contribution is 0.0690. The van der Waals surface area contributed by atoms with E-state index in [0.29, 0.717) is 22.4 Å². The van der Waals surface area contributed by atoms with Gasteiger partial charge in [-0.3, -0.25) is 0 Å². The van der Waals surface area contributed by atoms with Gasteiger partial charge in [-0.15, -0.1) is 11.3 Å². The fraction of sp³-hybridized carbons (Fsp3) is 0.429. The first-order valence-corrected chi connectivity index (χ1v) is 8.56. The second-order valence-corrected chi connectivity index (χ2v) is 7.10. The average molecular weight is 321 g/mol. The maximum Gasteiger partial charge on any atom is 0.340 e. The van der Waals surface area contributed by atoms with E-state index < -0.39 is 5.97 Å². The van der Waals surface area contributed by atoms with Gasteiger partial charge in [0.05, 0.1) is 16.4 Å². The highest BCUT2D eigenvalue weighted by atomic mass is 32.2. The van der Waals surface area contributed by atoms with Crippen molar-refractivity contribution in [2.75, 3.05) is 0 Å². The number of hydrogen-bond acceptors (Lipinski definition) is 6. The lowest BCUT2D eigenvalue weighted by Gasteiger charge is -2.09. The van der Waals surface area contributed by atoms with Crippen LogP contribution < -0.4 is 0 Å². The highest BCUT2D eigenvalue weighted by Crippen LogP contribution is 2.39. The van der Waals surface area contributed by atoms with Crippen LogP contribution in [0.15, 0.2) is 10.4 Å². The molecule has 5 nitrogen and oxygen atoms in total. The van der Waals surface area contributed by atoms with Crippen molar-refractivity contribution in [3.05, 3.63) is 33.2 Å². The molecule has 0 saturated heterocycles. The van der Waals surface area contributed by atoms with Crippen molar-refractivity contribution in [1.29, 1.82) is 0 Å². The van der Waals surface area contributed by atoms with Crippen LogP contribution in [-0.2, 0) is 5.75 Å². The highest BCUT2D eigenvalue weighted by Gasteiger charge is 2.29. The van der Waals surface area contributed by atoms with Crippen LogP contribution in [-0.4, -0.2) is 26.0 Å². The maximum atomic E-state index is 11.4. The van der Waals surface area contributed by atoms with E-state index in [9.17, 15) is 9.90 Å². The van der Waals surface area contributed by atoms with E-state index in [1.807, 2.05) is 12.3 Å². The van der Waals surface area contributed by atoms with Gasteiger partial charge < -0.3 is 5.11 Å². The van der Waals surface area contributed by atoms with Gasteiger partial charge in [-0.2, -0.15) is 0 Å². The molecule has 7 heteroatoms. The van der Waals surface area contributed by atoms with Crippen LogP contribution in [0.25, 0.3) is 0 Å². The Bertz CT molecular complexity index is 696. The molecular formula is C14H15N3O2S2. The molecule has 2 aromatic rings. The zero-order chi connectivity index (χ0) is 15.0. The molecule has 1 aliphatic carbocycles. The summed E-state index contributed by atoms with van der Waals surface area (Å²) in [4.78, 5) is 24.7. The van der Waals surface area contributed by atoms with E-state index in [0.717, 1.165) is 29.4 Å². The number of aromatic nitrogens is 3. The lowest BCUT2D eigenvalue weighted by atomic mass is 10.2. The molecule has 1 aliphatic rings. The standard InChI is InChI=1S/C14H15N3O2S2/c1-7-11(14(18)19)13(17-12(15-7)9-3-4-9)21-6-10-5-20-8(2)16-10/h5,9H,3-4,6H2,1-2H3,(H,18,19). The van der Waals surface area contributed by atoms with E-state index in [1.54, 1.807) is 18.3 Å². The minimum Gasteiger partial charge on any atom is -0.478 e. The number of thioether (sulfide) groups is 1. The first-order valence-electron chi connectivity index (χ1n) is 6.70. The SMILES string of the molecule is Cc1nc(CSc2nc(C3CC3)nc(C)c2C(=O)O)cs1. The number of aryl methyl sites for hydroxylation is 2. The molecule has 110 valence electrons. The van der Waals surface area contributed by atoms with Crippen molar-refractivity contribution < 1.29 is 9.90 Å². The van der Waals surface area contributed by atoms with Gasteiger partial charge in [0.25, 0.3) is 0 Å². The lowest BCUT2D eigenvalue weighted by Crippen LogP contribution is -2.09. The van der Waals surface area contributed by atoms with Gasteiger partial charge in [0, 0.05) is 17.1 Å². The fourth-order valence-corrected chi connectivity index (χ4v) is 3.75. The smallest absolute Gasteiger partial charge is 0.340 e. The normalized spacial score (nSPS) is 14.4. The highest BCUT2D eigenvalue weighted by molar-refractivity contribution is 7.98. The number of nitrogens with zero attached hydrogens (tertiary/aromatic N) is 3. The van der Waals surface area contributed by atoms with E-state index in [4.69, 9.17) is 0 Å². The predicted octanol–water partition coefficient (Wildman–Crippen LogP) is 3.42. The molecule has 0 unspecified atom stereocenters. The molecule has 1 fully saturated rings. The van der Waals surface area contributed by atoms with Gasteiger partial charge in [-0.1, -0.05) is 11.8 Å². The van der Waals surface area contributed by atoms with Gasteiger partial charge in [0.2, 0.25) is 0 Å². The molecule has 0 spiro atoms. The minimum absolute atomic E-state index is 0.219. The van der Waals surface area contributed by atoms with Crippen LogP contribution in [0, 0.1) is 13.8 Å². The van der Waals surface area contributed by atoms with E-state index in [1.165, 1.54) is 11.8 Å². The van der Waals surface area contributed by atoms with Gasteiger partial charge in [0.1, 0.15) is 16.4 Å². The Morgan fingerprint density at radius 3 is 2.71 bits per heavy atom. The molecule has 21 heavy (non-hydrogen) atoms. The topological polar surface area (TPSA) is 76.0 Å². The van der Waals surface area contributed by atoms with Gasteiger partial charge >= 0.3 is 5.97 Å². The molecule has 0 aliphatic heterocycles. The summed E-state index contributed by atoms with van der Waals surface area (Å²) >= 11 is 3.03. The number of hydrogen-bond donors (Lipinski definition) is 1. The molecule has 0 atom stereocenters. The second-order valence-electron chi connectivity index (χ2n) is 5.07. The molecule has 2 heterocycles. The largest absolute Gasteiger partial charge is 0.478 e. The van der Waals surface area contributed by atoms with Crippen LogP contribution in [0.4, 0.5) is 0 Å². The molecule has 1 N–H and O–H groups in total. The van der Waals surface area contributed by atoms with Crippen molar-refractivity contribution >= 4 is 29.1 Å². The van der Waals surface area contributed by atoms with Crippen LogP contribution in [0.2, 0.25) is 0 Å². The zero-order valence-electron chi connectivity index (χ0n) is 11.8. The Kier molecular flexibility index (Phi) is 3.95.